The predicted molar refractivity (Wildman–Crippen MR) is 71.3 cm³/mol. The van der Waals surface area contributed by atoms with Crippen LogP contribution >= 0.6 is 11.3 Å². The predicted octanol–water partition coefficient (Wildman–Crippen LogP) is 1.97. The summed E-state index contributed by atoms with van der Waals surface area (Å²) in [6.45, 7) is 0.262. The van der Waals surface area contributed by atoms with Gasteiger partial charge in [0.05, 0.1) is 0 Å². The summed E-state index contributed by atoms with van der Waals surface area (Å²) in [5, 5.41) is 11.3. The van der Waals surface area contributed by atoms with Crippen molar-refractivity contribution < 1.29 is 13.5 Å². The number of sulfonamides is 1. The van der Waals surface area contributed by atoms with Crippen LogP contribution in [0.3, 0.4) is 0 Å². The van der Waals surface area contributed by atoms with E-state index in [9.17, 15) is 13.5 Å². The zero-order chi connectivity index (χ0) is 13.0. The first-order valence-corrected chi connectivity index (χ1v) is 7.76. The number of aromatic hydroxyl groups is 1. The Balaban J connectivity index is 1.96. The smallest absolute Gasteiger partial charge is 0.250 e. The number of nitrogens with one attached hydrogen (secondary N) is 1. The molecule has 0 bridgehead atoms. The van der Waals surface area contributed by atoms with Gasteiger partial charge in [-0.05, 0) is 29.5 Å². The maximum absolute atomic E-state index is 11.8. The van der Waals surface area contributed by atoms with Crippen LogP contribution in [0.1, 0.15) is 5.56 Å². The Morgan fingerprint density at radius 3 is 2.61 bits per heavy atom. The summed E-state index contributed by atoms with van der Waals surface area (Å²) >= 11 is 1.18. The number of para-hydroxylation sites is 1. The summed E-state index contributed by atoms with van der Waals surface area (Å²) in [5.41, 5.74) is 0.728. The molecule has 2 rings (SSSR count). The second kappa shape index (κ2) is 5.51. The maximum Gasteiger partial charge on any atom is 0.250 e. The van der Waals surface area contributed by atoms with Gasteiger partial charge in [-0.1, -0.05) is 24.3 Å². The lowest BCUT2D eigenvalue weighted by atomic mass is 10.1. The molecule has 0 aliphatic heterocycles. The SMILES string of the molecule is O=S(=O)(NCCc1ccccc1O)c1cccs1. The molecule has 0 atom stereocenters. The number of thiophene rings is 1. The lowest BCUT2D eigenvalue weighted by Crippen LogP contribution is -2.25. The van der Waals surface area contributed by atoms with Crippen molar-refractivity contribution in [2.24, 2.45) is 0 Å². The van der Waals surface area contributed by atoms with Crippen molar-refractivity contribution in [3.05, 3.63) is 47.3 Å². The average molecular weight is 283 g/mol. The van der Waals surface area contributed by atoms with E-state index in [1.165, 1.54) is 11.3 Å². The number of rotatable bonds is 5. The monoisotopic (exact) mass is 283 g/mol. The van der Waals surface area contributed by atoms with Crippen LogP contribution in [0.5, 0.6) is 5.75 Å². The molecule has 0 unspecified atom stereocenters. The molecule has 2 N–H and O–H groups in total. The summed E-state index contributed by atoms with van der Waals surface area (Å²) in [5.74, 6) is 0.188. The molecule has 1 aromatic carbocycles. The molecule has 0 aliphatic carbocycles. The molecule has 1 heterocycles. The minimum Gasteiger partial charge on any atom is -0.508 e. The summed E-state index contributed by atoms with van der Waals surface area (Å²) in [7, 11) is -3.41. The molecular formula is C12H13NO3S2. The summed E-state index contributed by atoms with van der Waals surface area (Å²) < 4.78 is 26.4. The Morgan fingerprint density at radius 2 is 1.94 bits per heavy atom. The van der Waals surface area contributed by atoms with E-state index in [0.717, 1.165) is 5.56 Å². The third kappa shape index (κ3) is 3.10. The molecule has 0 spiro atoms. The molecule has 0 saturated carbocycles. The Bertz CT molecular complexity index is 606. The fourth-order valence-corrected chi connectivity index (χ4v) is 3.60. The minimum absolute atomic E-state index is 0.188. The van der Waals surface area contributed by atoms with Gasteiger partial charge in [-0.25, -0.2) is 13.1 Å². The van der Waals surface area contributed by atoms with E-state index < -0.39 is 10.0 Å². The van der Waals surface area contributed by atoms with Gasteiger partial charge in [0.15, 0.2) is 0 Å². The Morgan fingerprint density at radius 1 is 1.17 bits per heavy atom. The minimum atomic E-state index is -3.41. The van der Waals surface area contributed by atoms with Crippen molar-refractivity contribution in [2.45, 2.75) is 10.6 Å². The van der Waals surface area contributed by atoms with Crippen molar-refractivity contribution in [3.8, 4) is 5.75 Å². The number of hydrogen-bond acceptors (Lipinski definition) is 4. The van der Waals surface area contributed by atoms with E-state index in [1.807, 2.05) is 6.07 Å². The average Bonchev–Trinajstić information content (AvgIpc) is 2.86. The van der Waals surface area contributed by atoms with Gasteiger partial charge in [0, 0.05) is 6.54 Å². The standard InChI is InChI=1S/C12H13NO3S2/c14-11-5-2-1-4-10(11)7-8-13-18(15,16)12-6-3-9-17-12/h1-6,9,13-14H,7-8H2. The van der Waals surface area contributed by atoms with Crippen LogP contribution in [0.25, 0.3) is 0 Å². The van der Waals surface area contributed by atoms with E-state index in [4.69, 9.17) is 0 Å². The summed E-state index contributed by atoms with van der Waals surface area (Å²) in [6.07, 6.45) is 0.456. The van der Waals surface area contributed by atoms with Crippen LogP contribution in [0, 0.1) is 0 Å². The first-order chi connectivity index (χ1) is 8.59. The fourth-order valence-electron chi connectivity index (χ4n) is 1.53. The number of phenols is 1. The third-order valence-electron chi connectivity index (χ3n) is 2.44. The lowest BCUT2D eigenvalue weighted by molar-refractivity contribution is 0.467. The summed E-state index contributed by atoms with van der Waals surface area (Å²) in [6, 6.07) is 10.2. The van der Waals surface area contributed by atoms with Crippen LogP contribution < -0.4 is 4.72 Å². The molecule has 0 fully saturated rings. The number of phenolic OH excluding ortho intramolecular Hbond substituents is 1. The molecule has 2 aromatic rings. The van der Waals surface area contributed by atoms with E-state index >= 15 is 0 Å². The van der Waals surface area contributed by atoms with Gasteiger partial charge >= 0.3 is 0 Å². The van der Waals surface area contributed by atoms with Crippen molar-refractivity contribution in [1.82, 2.24) is 4.72 Å². The van der Waals surface area contributed by atoms with Crippen LogP contribution in [0.15, 0.2) is 46.0 Å². The quantitative estimate of drug-likeness (QED) is 0.881. The van der Waals surface area contributed by atoms with E-state index in [0.29, 0.717) is 10.6 Å². The molecule has 18 heavy (non-hydrogen) atoms. The highest BCUT2D eigenvalue weighted by Crippen LogP contribution is 2.17. The Kier molecular flexibility index (Phi) is 4.00. The number of hydrogen-bond donors (Lipinski definition) is 2. The van der Waals surface area contributed by atoms with E-state index in [1.54, 1.807) is 35.7 Å². The largest absolute Gasteiger partial charge is 0.508 e. The molecule has 4 nitrogen and oxygen atoms in total. The van der Waals surface area contributed by atoms with Gasteiger partial charge in [-0.3, -0.25) is 0 Å². The molecule has 0 amide bonds. The van der Waals surface area contributed by atoms with Gasteiger partial charge in [0.25, 0.3) is 0 Å². The van der Waals surface area contributed by atoms with Crippen molar-refractivity contribution >= 4 is 21.4 Å². The van der Waals surface area contributed by atoms with Crippen LogP contribution in [-0.4, -0.2) is 20.1 Å². The molecule has 0 aliphatic rings. The van der Waals surface area contributed by atoms with Gasteiger partial charge in [0.2, 0.25) is 10.0 Å². The van der Waals surface area contributed by atoms with Gasteiger partial charge < -0.3 is 5.11 Å². The Hall–Kier alpha value is -1.37. The van der Waals surface area contributed by atoms with Crippen LogP contribution in [0.4, 0.5) is 0 Å². The highest BCUT2D eigenvalue weighted by atomic mass is 32.2. The normalized spacial score (nSPS) is 11.6. The molecule has 0 saturated heterocycles. The molecule has 96 valence electrons. The van der Waals surface area contributed by atoms with Crippen molar-refractivity contribution in [1.29, 1.82) is 0 Å². The van der Waals surface area contributed by atoms with Crippen LogP contribution in [-0.2, 0) is 16.4 Å². The zero-order valence-corrected chi connectivity index (χ0v) is 11.2. The second-order valence-corrected chi connectivity index (χ2v) is 6.65. The third-order valence-corrected chi connectivity index (χ3v) is 5.30. The van der Waals surface area contributed by atoms with Crippen LogP contribution in [0.2, 0.25) is 0 Å². The maximum atomic E-state index is 11.8. The highest BCUT2D eigenvalue weighted by molar-refractivity contribution is 7.91. The second-order valence-electron chi connectivity index (χ2n) is 3.71. The topological polar surface area (TPSA) is 66.4 Å². The molecule has 0 radical (unpaired) electrons. The molecule has 6 heteroatoms. The lowest BCUT2D eigenvalue weighted by Gasteiger charge is -2.06. The fraction of sp³-hybridized carbons (Fsp3) is 0.167. The first-order valence-electron chi connectivity index (χ1n) is 5.39. The Labute approximate surface area is 110 Å². The van der Waals surface area contributed by atoms with Gasteiger partial charge in [-0.15, -0.1) is 11.3 Å². The molecule has 1 aromatic heterocycles. The molecular weight excluding hydrogens is 270 g/mol. The highest BCUT2D eigenvalue weighted by Gasteiger charge is 2.14. The first kappa shape index (κ1) is 13.1. The van der Waals surface area contributed by atoms with Gasteiger partial charge in [-0.2, -0.15) is 0 Å². The zero-order valence-electron chi connectivity index (χ0n) is 9.54. The van der Waals surface area contributed by atoms with Crippen molar-refractivity contribution in [2.75, 3.05) is 6.54 Å². The van der Waals surface area contributed by atoms with E-state index in [2.05, 4.69) is 4.72 Å². The summed E-state index contributed by atoms with van der Waals surface area (Å²) in [4.78, 5) is 0. The van der Waals surface area contributed by atoms with E-state index in [-0.39, 0.29) is 12.3 Å². The van der Waals surface area contributed by atoms with Crippen molar-refractivity contribution in [3.63, 3.8) is 0 Å². The van der Waals surface area contributed by atoms with Gasteiger partial charge in [0.1, 0.15) is 9.96 Å². The number of benzene rings is 1.